The van der Waals surface area contributed by atoms with Gasteiger partial charge < -0.3 is 9.64 Å². The van der Waals surface area contributed by atoms with Gasteiger partial charge in [-0.25, -0.2) is 4.39 Å². The minimum Gasteiger partial charge on any atom is -0.468 e. The highest BCUT2D eigenvalue weighted by Gasteiger charge is 2.44. The molecule has 0 aliphatic carbocycles. The van der Waals surface area contributed by atoms with Crippen LogP contribution in [0.4, 0.5) is 4.39 Å². The highest BCUT2D eigenvalue weighted by molar-refractivity contribution is 5.99. The first kappa shape index (κ1) is 18.1. The van der Waals surface area contributed by atoms with Crippen molar-refractivity contribution in [2.24, 2.45) is 5.92 Å². The minimum absolute atomic E-state index is 0.134. The molecule has 1 amide bonds. The fourth-order valence-electron chi connectivity index (χ4n) is 3.66. The van der Waals surface area contributed by atoms with Gasteiger partial charge in [-0.15, -0.1) is 0 Å². The molecule has 2 aromatic carbocycles. The van der Waals surface area contributed by atoms with Crippen molar-refractivity contribution in [3.63, 3.8) is 0 Å². The van der Waals surface area contributed by atoms with Crippen LogP contribution in [0.2, 0.25) is 0 Å². The molecule has 136 valence electrons. The normalized spacial score (nSPS) is 21.3. The van der Waals surface area contributed by atoms with Crippen molar-refractivity contribution in [3.8, 4) is 0 Å². The molecule has 0 radical (unpaired) electrons. The van der Waals surface area contributed by atoms with Gasteiger partial charge >= 0.3 is 5.97 Å². The molecule has 1 aliphatic rings. The summed E-state index contributed by atoms with van der Waals surface area (Å²) in [5.74, 6) is -2.35. The third-order valence-corrected chi connectivity index (χ3v) is 5.14. The maximum Gasteiger partial charge on any atom is 0.318 e. The van der Waals surface area contributed by atoms with E-state index in [2.05, 4.69) is 0 Å². The Labute approximate surface area is 152 Å². The summed E-state index contributed by atoms with van der Waals surface area (Å²) in [7, 11) is 1.29. The molecule has 0 N–H and O–H groups in total. The Bertz CT molecular complexity index is 776. The highest BCUT2D eigenvalue weighted by atomic mass is 19.1. The van der Waals surface area contributed by atoms with Crippen LogP contribution in [0, 0.1) is 11.7 Å². The summed E-state index contributed by atoms with van der Waals surface area (Å²) in [4.78, 5) is 27.3. The van der Waals surface area contributed by atoms with Crippen molar-refractivity contribution < 1.29 is 18.7 Å². The van der Waals surface area contributed by atoms with Gasteiger partial charge in [-0.3, -0.25) is 9.59 Å². The molecule has 0 aromatic heterocycles. The molecule has 0 saturated carbocycles. The summed E-state index contributed by atoms with van der Waals surface area (Å²) < 4.78 is 18.2. The van der Waals surface area contributed by atoms with Gasteiger partial charge in [0.25, 0.3) is 0 Å². The number of hydrogen-bond donors (Lipinski definition) is 0. The molecule has 1 heterocycles. The summed E-state index contributed by atoms with van der Waals surface area (Å²) in [6.45, 7) is 2.49. The van der Waals surface area contributed by atoms with E-state index in [-0.39, 0.29) is 23.7 Å². The largest absolute Gasteiger partial charge is 0.468 e. The molecule has 3 rings (SSSR count). The second-order valence-electron chi connectivity index (χ2n) is 6.57. The molecule has 1 aliphatic heterocycles. The zero-order chi connectivity index (χ0) is 18.7. The average Bonchev–Trinajstić information content (AvgIpc) is 2.68. The average molecular weight is 355 g/mol. The van der Waals surface area contributed by atoms with E-state index in [1.165, 1.54) is 19.2 Å². The number of hydrogen-bond acceptors (Lipinski definition) is 3. The molecule has 1 fully saturated rings. The Morgan fingerprint density at radius 3 is 2.42 bits per heavy atom. The summed E-state index contributed by atoms with van der Waals surface area (Å²) >= 11 is 0. The number of amides is 1. The number of piperidine rings is 1. The molecule has 3 atom stereocenters. The Kier molecular flexibility index (Phi) is 5.35. The zero-order valence-electron chi connectivity index (χ0n) is 14.9. The van der Waals surface area contributed by atoms with Crippen LogP contribution in [0.25, 0.3) is 0 Å². The van der Waals surface area contributed by atoms with Crippen LogP contribution in [0.15, 0.2) is 54.6 Å². The first-order valence-corrected chi connectivity index (χ1v) is 8.71. The van der Waals surface area contributed by atoms with Gasteiger partial charge in [0.05, 0.1) is 13.2 Å². The van der Waals surface area contributed by atoms with E-state index in [1.807, 2.05) is 37.3 Å². The number of ether oxygens (including phenoxy) is 1. The first-order chi connectivity index (χ1) is 12.5. The minimum atomic E-state index is -0.912. The lowest BCUT2D eigenvalue weighted by molar-refractivity contribution is -0.158. The molecule has 0 bridgehead atoms. The Morgan fingerprint density at radius 2 is 1.81 bits per heavy atom. The number of carbonyl (C=O) groups excluding carboxylic acids is 2. The van der Waals surface area contributed by atoms with Crippen LogP contribution >= 0.6 is 0 Å². The molecule has 26 heavy (non-hydrogen) atoms. The van der Waals surface area contributed by atoms with E-state index in [0.29, 0.717) is 13.0 Å². The van der Waals surface area contributed by atoms with Crippen molar-refractivity contribution >= 4 is 11.9 Å². The lowest BCUT2D eigenvalue weighted by Crippen LogP contribution is -2.49. The summed E-state index contributed by atoms with van der Waals surface area (Å²) in [6.07, 6.45) is 0.619. The van der Waals surface area contributed by atoms with Crippen molar-refractivity contribution in [3.05, 3.63) is 71.5 Å². The van der Waals surface area contributed by atoms with Crippen LogP contribution in [0.3, 0.4) is 0 Å². The molecular weight excluding hydrogens is 333 g/mol. The van der Waals surface area contributed by atoms with Crippen LogP contribution in [0.5, 0.6) is 0 Å². The Balaban J connectivity index is 1.90. The van der Waals surface area contributed by atoms with Gasteiger partial charge in [-0.2, -0.15) is 0 Å². The number of carbonyl (C=O) groups is 2. The second-order valence-corrected chi connectivity index (χ2v) is 6.57. The monoisotopic (exact) mass is 355 g/mol. The number of likely N-dealkylation sites (tertiary alicyclic amines) is 1. The molecule has 2 aromatic rings. The molecule has 1 saturated heterocycles. The standard InChI is InChI=1S/C21H22FNO3/c1-14(15-6-4-3-5-7-15)23-13-12-18(16-8-10-17(22)11-9-16)19(20(23)24)21(25)26-2/h3-11,14,18-19H,12-13H2,1-2H3/t14-,18-,19-/m0/s1. The Morgan fingerprint density at radius 1 is 1.15 bits per heavy atom. The summed E-state index contributed by atoms with van der Waals surface area (Å²) in [5, 5.41) is 0. The summed E-state index contributed by atoms with van der Waals surface area (Å²) in [6, 6.07) is 15.6. The highest BCUT2D eigenvalue weighted by Crippen LogP contribution is 2.37. The van der Waals surface area contributed by atoms with Crippen LogP contribution in [-0.4, -0.2) is 30.4 Å². The van der Waals surface area contributed by atoms with E-state index >= 15 is 0 Å². The van der Waals surface area contributed by atoms with Crippen LogP contribution < -0.4 is 0 Å². The number of rotatable bonds is 4. The van der Waals surface area contributed by atoms with Gasteiger partial charge in [-0.05, 0) is 36.6 Å². The smallest absolute Gasteiger partial charge is 0.318 e. The van der Waals surface area contributed by atoms with Gasteiger partial charge in [0.1, 0.15) is 11.7 Å². The van der Waals surface area contributed by atoms with Crippen molar-refractivity contribution in [1.82, 2.24) is 4.90 Å². The topological polar surface area (TPSA) is 46.6 Å². The van der Waals surface area contributed by atoms with E-state index < -0.39 is 11.9 Å². The number of benzene rings is 2. The second kappa shape index (κ2) is 7.68. The van der Waals surface area contributed by atoms with Crippen LogP contribution in [0.1, 0.15) is 36.4 Å². The molecule has 4 nitrogen and oxygen atoms in total. The lowest BCUT2D eigenvalue weighted by atomic mass is 9.79. The lowest BCUT2D eigenvalue weighted by Gasteiger charge is -2.40. The molecule has 5 heteroatoms. The van der Waals surface area contributed by atoms with Gasteiger partial charge in [0.2, 0.25) is 5.91 Å². The number of halogens is 1. The van der Waals surface area contributed by atoms with Gasteiger partial charge in [0, 0.05) is 12.5 Å². The third kappa shape index (κ3) is 3.47. The van der Waals surface area contributed by atoms with E-state index in [9.17, 15) is 14.0 Å². The first-order valence-electron chi connectivity index (χ1n) is 8.71. The van der Waals surface area contributed by atoms with Crippen molar-refractivity contribution in [1.29, 1.82) is 0 Å². The number of methoxy groups -OCH3 is 1. The zero-order valence-corrected chi connectivity index (χ0v) is 14.9. The fraction of sp³-hybridized carbons (Fsp3) is 0.333. The van der Waals surface area contributed by atoms with E-state index in [1.54, 1.807) is 17.0 Å². The predicted octanol–water partition coefficient (Wildman–Crippen LogP) is 3.69. The molecule has 0 unspecified atom stereocenters. The third-order valence-electron chi connectivity index (χ3n) is 5.14. The maximum absolute atomic E-state index is 13.2. The van der Waals surface area contributed by atoms with E-state index in [0.717, 1.165) is 11.1 Å². The molecule has 0 spiro atoms. The number of nitrogens with zero attached hydrogens (tertiary/aromatic N) is 1. The fourth-order valence-corrected chi connectivity index (χ4v) is 3.66. The predicted molar refractivity (Wildman–Crippen MR) is 95.8 cm³/mol. The van der Waals surface area contributed by atoms with E-state index in [4.69, 9.17) is 4.74 Å². The van der Waals surface area contributed by atoms with Gasteiger partial charge in [-0.1, -0.05) is 42.5 Å². The van der Waals surface area contributed by atoms with Crippen molar-refractivity contribution in [2.75, 3.05) is 13.7 Å². The quantitative estimate of drug-likeness (QED) is 0.621. The Hall–Kier alpha value is -2.69. The maximum atomic E-state index is 13.2. The van der Waals surface area contributed by atoms with Crippen molar-refractivity contribution in [2.45, 2.75) is 25.3 Å². The number of esters is 1. The SMILES string of the molecule is COC(=O)[C@@H]1C(=O)N([C@@H](C)c2ccccc2)CC[C@H]1c1ccc(F)cc1. The molecular formula is C21H22FNO3. The summed E-state index contributed by atoms with van der Waals surface area (Å²) in [5.41, 5.74) is 1.80. The van der Waals surface area contributed by atoms with Gasteiger partial charge in [0.15, 0.2) is 0 Å². The van der Waals surface area contributed by atoms with Crippen LogP contribution in [-0.2, 0) is 14.3 Å².